The first-order valence-electron chi connectivity index (χ1n) is 5.15. The van der Waals surface area contributed by atoms with Gasteiger partial charge in [0.05, 0.1) is 6.04 Å². The molecule has 1 saturated heterocycles. The third kappa shape index (κ3) is 3.95. The molecule has 1 aliphatic rings. The lowest BCUT2D eigenvalue weighted by Gasteiger charge is -2.37. The average Bonchev–Trinajstić information content (AvgIpc) is 2.23. The van der Waals surface area contributed by atoms with E-state index in [0.29, 0.717) is 0 Å². The largest absolute Gasteiger partial charge is 0.463 e. The third-order valence-corrected chi connectivity index (χ3v) is 2.26. The Morgan fingerprint density at radius 2 is 2.06 bits per heavy atom. The molecule has 1 rings (SSSR count). The number of carbonyl (C=O) groups is 2. The van der Waals surface area contributed by atoms with Gasteiger partial charge in [-0.05, 0) is 0 Å². The van der Waals surface area contributed by atoms with Gasteiger partial charge in [0.1, 0.15) is 25.4 Å². The van der Waals surface area contributed by atoms with Gasteiger partial charge >= 0.3 is 11.9 Å². The van der Waals surface area contributed by atoms with Gasteiger partial charge in [0, 0.05) is 13.8 Å². The van der Waals surface area contributed by atoms with Gasteiger partial charge < -0.3 is 25.1 Å². The Kier molecular flexibility index (Phi) is 4.86. The molecule has 1 fully saturated rings. The molecule has 7 nitrogen and oxygen atoms in total. The van der Waals surface area contributed by atoms with Crippen molar-refractivity contribution in [1.82, 2.24) is 0 Å². The zero-order valence-electron chi connectivity index (χ0n) is 9.66. The molecule has 0 bridgehead atoms. The number of rotatable bonds is 3. The Hall–Kier alpha value is -1.18. The Morgan fingerprint density at radius 3 is 2.59 bits per heavy atom. The summed E-state index contributed by atoms with van der Waals surface area (Å²) in [6, 6.07) is -0.757. The van der Waals surface area contributed by atoms with Crippen molar-refractivity contribution >= 4 is 11.9 Å². The number of esters is 2. The van der Waals surface area contributed by atoms with Gasteiger partial charge in [-0.3, -0.25) is 9.59 Å². The van der Waals surface area contributed by atoms with Crippen LogP contribution in [0.15, 0.2) is 0 Å². The van der Waals surface area contributed by atoms with Crippen molar-refractivity contribution in [2.24, 2.45) is 5.73 Å². The van der Waals surface area contributed by atoms with Gasteiger partial charge in [0.15, 0.2) is 6.10 Å². The number of ether oxygens (including phenoxy) is 3. The van der Waals surface area contributed by atoms with E-state index in [1.807, 2.05) is 0 Å². The summed E-state index contributed by atoms with van der Waals surface area (Å²) in [5.41, 5.74) is 5.53. The standard InChI is InChI=1S/C10H16NO6/c1-5(12)15-4-8-10(17-6(2)13)9(14)7(11)3-16-8/h3,7-10,14H,4,11H2,1-2H3/t7-,8+,9+,10+/m0/s1. The quantitative estimate of drug-likeness (QED) is 0.598. The summed E-state index contributed by atoms with van der Waals surface area (Å²) in [5.74, 6) is -1.06. The predicted molar refractivity (Wildman–Crippen MR) is 55.3 cm³/mol. The molecular weight excluding hydrogens is 230 g/mol. The molecule has 0 aliphatic carbocycles. The summed E-state index contributed by atoms with van der Waals surface area (Å²) in [7, 11) is 0. The number of hydrogen-bond donors (Lipinski definition) is 2. The predicted octanol–water partition coefficient (Wildman–Crippen LogP) is -1.27. The van der Waals surface area contributed by atoms with Crippen LogP contribution in [0.2, 0.25) is 0 Å². The minimum Gasteiger partial charge on any atom is -0.463 e. The second-order valence-corrected chi connectivity index (χ2v) is 3.76. The number of hydrogen-bond acceptors (Lipinski definition) is 7. The van der Waals surface area contributed by atoms with Crippen molar-refractivity contribution in [3.05, 3.63) is 6.61 Å². The van der Waals surface area contributed by atoms with Crippen molar-refractivity contribution in [3.63, 3.8) is 0 Å². The van der Waals surface area contributed by atoms with Crippen LogP contribution in [-0.4, -0.2) is 48.0 Å². The molecule has 1 radical (unpaired) electrons. The zero-order valence-corrected chi connectivity index (χ0v) is 9.66. The van der Waals surface area contributed by atoms with E-state index in [1.54, 1.807) is 0 Å². The minimum atomic E-state index is -1.09. The normalized spacial score (nSPS) is 32.9. The van der Waals surface area contributed by atoms with Crippen molar-refractivity contribution in [2.45, 2.75) is 38.2 Å². The van der Waals surface area contributed by atoms with E-state index in [-0.39, 0.29) is 6.61 Å². The summed E-state index contributed by atoms with van der Waals surface area (Å²) in [5, 5.41) is 9.77. The Balaban J connectivity index is 2.64. The van der Waals surface area contributed by atoms with Gasteiger partial charge in [-0.1, -0.05) is 0 Å². The fourth-order valence-corrected chi connectivity index (χ4v) is 1.46. The highest BCUT2D eigenvalue weighted by Gasteiger charge is 2.41. The lowest BCUT2D eigenvalue weighted by molar-refractivity contribution is -0.183. The van der Waals surface area contributed by atoms with Crippen LogP contribution in [0.25, 0.3) is 0 Å². The van der Waals surface area contributed by atoms with Crippen LogP contribution in [-0.2, 0) is 23.8 Å². The molecule has 7 heteroatoms. The first-order valence-corrected chi connectivity index (χ1v) is 5.15. The molecule has 0 saturated carbocycles. The SMILES string of the molecule is CC(=O)OC[C@H]1O[CH][C@H](N)[C@@H](O)[C@@H]1OC(C)=O. The average molecular weight is 246 g/mol. The fraction of sp³-hybridized carbons (Fsp3) is 0.700. The molecule has 1 heterocycles. The van der Waals surface area contributed by atoms with Gasteiger partial charge in [0.25, 0.3) is 0 Å². The van der Waals surface area contributed by atoms with Gasteiger partial charge in [-0.2, -0.15) is 0 Å². The van der Waals surface area contributed by atoms with E-state index >= 15 is 0 Å². The first kappa shape index (κ1) is 13.9. The van der Waals surface area contributed by atoms with Crippen LogP contribution in [0.5, 0.6) is 0 Å². The molecule has 0 aromatic heterocycles. The van der Waals surface area contributed by atoms with E-state index in [2.05, 4.69) is 0 Å². The molecule has 0 spiro atoms. The lowest BCUT2D eigenvalue weighted by Crippen LogP contribution is -2.57. The van der Waals surface area contributed by atoms with Crippen LogP contribution in [0.1, 0.15) is 13.8 Å². The van der Waals surface area contributed by atoms with E-state index in [4.69, 9.17) is 19.9 Å². The molecule has 17 heavy (non-hydrogen) atoms. The lowest BCUT2D eigenvalue weighted by atomic mass is 9.99. The number of carbonyl (C=O) groups excluding carboxylic acids is 2. The number of aliphatic hydroxyl groups is 1. The molecule has 3 N–H and O–H groups in total. The van der Waals surface area contributed by atoms with Crippen LogP contribution < -0.4 is 5.73 Å². The Bertz CT molecular complexity index is 295. The van der Waals surface area contributed by atoms with Gasteiger partial charge in [0.2, 0.25) is 0 Å². The summed E-state index contributed by atoms with van der Waals surface area (Å²) in [6.07, 6.45) is -2.79. The highest BCUT2D eigenvalue weighted by atomic mass is 16.6. The van der Waals surface area contributed by atoms with Crippen LogP contribution in [0.3, 0.4) is 0 Å². The molecule has 97 valence electrons. The maximum Gasteiger partial charge on any atom is 0.303 e. The molecule has 0 aromatic carbocycles. The molecule has 1 aliphatic heterocycles. The van der Waals surface area contributed by atoms with E-state index in [1.165, 1.54) is 20.5 Å². The molecule has 0 unspecified atom stereocenters. The van der Waals surface area contributed by atoms with Crippen LogP contribution in [0, 0.1) is 6.61 Å². The Labute approximate surface area is 98.8 Å². The number of aliphatic hydroxyl groups excluding tert-OH is 1. The smallest absolute Gasteiger partial charge is 0.303 e. The Morgan fingerprint density at radius 1 is 1.41 bits per heavy atom. The van der Waals surface area contributed by atoms with Crippen molar-refractivity contribution in [1.29, 1.82) is 0 Å². The van der Waals surface area contributed by atoms with E-state index < -0.39 is 36.3 Å². The van der Waals surface area contributed by atoms with Gasteiger partial charge in [-0.15, -0.1) is 0 Å². The number of nitrogens with two attached hydrogens (primary N) is 1. The van der Waals surface area contributed by atoms with Crippen LogP contribution in [0.4, 0.5) is 0 Å². The zero-order chi connectivity index (χ0) is 13.0. The monoisotopic (exact) mass is 246 g/mol. The highest BCUT2D eigenvalue weighted by Crippen LogP contribution is 2.20. The summed E-state index contributed by atoms with van der Waals surface area (Å²) >= 11 is 0. The van der Waals surface area contributed by atoms with Crippen molar-refractivity contribution in [2.75, 3.05) is 6.61 Å². The second-order valence-electron chi connectivity index (χ2n) is 3.76. The minimum absolute atomic E-state index is 0.117. The molecule has 0 amide bonds. The fourth-order valence-electron chi connectivity index (χ4n) is 1.46. The molecule has 4 atom stereocenters. The third-order valence-electron chi connectivity index (χ3n) is 2.26. The van der Waals surface area contributed by atoms with Gasteiger partial charge in [-0.25, -0.2) is 0 Å². The highest BCUT2D eigenvalue weighted by molar-refractivity contribution is 5.66. The molecular formula is C10H16NO6. The maximum absolute atomic E-state index is 10.9. The second kappa shape index (κ2) is 5.95. The van der Waals surface area contributed by atoms with E-state index in [0.717, 1.165) is 0 Å². The molecule has 0 aromatic rings. The topological polar surface area (TPSA) is 108 Å². The van der Waals surface area contributed by atoms with Crippen LogP contribution >= 0.6 is 0 Å². The first-order chi connectivity index (χ1) is 7.91. The summed E-state index contributed by atoms with van der Waals surface area (Å²) in [6.45, 7) is 3.57. The summed E-state index contributed by atoms with van der Waals surface area (Å²) < 4.78 is 14.8. The van der Waals surface area contributed by atoms with Crippen molar-refractivity contribution < 1.29 is 28.9 Å². The van der Waals surface area contributed by atoms with E-state index in [9.17, 15) is 14.7 Å². The van der Waals surface area contributed by atoms with Crippen molar-refractivity contribution in [3.8, 4) is 0 Å². The summed E-state index contributed by atoms with van der Waals surface area (Å²) in [4.78, 5) is 21.6. The maximum atomic E-state index is 10.9.